The molecule has 0 unspecified atom stereocenters. The molecule has 0 saturated heterocycles. The van der Waals surface area contributed by atoms with Crippen LogP contribution in [-0.4, -0.2) is 39.3 Å². The number of pyridine rings is 1. The molecule has 9 nitrogen and oxygen atoms in total. The molecule has 0 aliphatic carbocycles. The highest BCUT2D eigenvalue weighted by Crippen LogP contribution is 2.21. The lowest BCUT2D eigenvalue weighted by Gasteiger charge is -2.24. The number of carbonyl (C=O) groups is 2. The minimum Gasteiger partial charge on any atom is -0.479 e. The Kier molecular flexibility index (Phi) is 5.59. The van der Waals surface area contributed by atoms with Crippen LogP contribution in [0.25, 0.3) is 0 Å². The number of aromatic amines is 1. The van der Waals surface area contributed by atoms with Crippen LogP contribution >= 0.6 is 0 Å². The van der Waals surface area contributed by atoms with Gasteiger partial charge in [-0.25, -0.2) is 4.79 Å². The van der Waals surface area contributed by atoms with Crippen LogP contribution in [0.4, 0.5) is 0 Å². The predicted molar refractivity (Wildman–Crippen MR) is 72.9 cm³/mol. The van der Waals surface area contributed by atoms with Crippen molar-refractivity contribution >= 4 is 11.9 Å². The van der Waals surface area contributed by atoms with Gasteiger partial charge in [0.05, 0.1) is 12.1 Å². The van der Waals surface area contributed by atoms with Gasteiger partial charge in [-0.15, -0.1) is 0 Å². The number of aliphatic hydroxyl groups excluding tert-OH is 1. The number of nitrogens with two attached hydrogens (primary N) is 2. The number of amides is 1. The topological polar surface area (TPSA) is 172 Å². The van der Waals surface area contributed by atoms with Crippen LogP contribution in [-0.2, 0) is 9.59 Å². The monoisotopic (exact) mass is 298 g/mol. The summed E-state index contributed by atoms with van der Waals surface area (Å²) in [5.41, 5.74) is 10.6. The van der Waals surface area contributed by atoms with Crippen molar-refractivity contribution in [3.05, 3.63) is 34.2 Å². The van der Waals surface area contributed by atoms with Gasteiger partial charge in [0, 0.05) is 17.7 Å². The predicted octanol–water partition coefficient (Wildman–Crippen LogP) is -2.14. The van der Waals surface area contributed by atoms with Crippen molar-refractivity contribution in [3.8, 4) is 0 Å². The summed E-state index contributed by atoms with van der Waals surface area (Å²) in [7, 11) is 0. The van der Waals surface area contributed by atoms with Crippen molar-refractivity contribution in [1.82, 2.24) is 10.3 Å². The highest BCUT2D eigenvalue weighted by molar-refractivity contribution is 5.86. The first-order chi connectivity index (χ1) is 9.73. The van der Waals surface area contributed by atoms with Crippen molar-refractivity contribution in [1.29, 1.82) is 0 Å². The summed E-state index contributed by atoms with van der Waals surface area (Å²) in [5, 5.41) is 20.7. The summed E-state index contributed by atoms with van der Waals surface area (Å²) in [6.07, 6.45) is -2.77. The van der Waals surface area contributed by atoms with Crippen molar-refractivity contribution in [2.75, 3.05) is 0 Å². The summed E-state index contributed by atoms with van der Waals surface area (Å²) in [4.78, 5) is 35.9. The summed E-state index contributed by atoms with van der Waals surface area (Å²) in [5.74, 6) is -2.99. The van der Waals surface area contributed by atoms with E-state index in [2.05, 4.69) is 4.98 Å². The minimum atomic E-state index is -1.58. The highest BCUT2D eigenvalue weighted by Gasteiger charge is 2.30. The summed E-state index contributed by atoms with van der Waals surface area (Å²) < 4.78 is 0. The molecule has 0 fully saturated rings. The maximum absolute atomic E-state index is 11.7. The normalized spacial score (nSPS) is 16.6. The lowest BCUT2D eigenvalue weighted by atomic mass is 9.93. The number of nitrogens with one attached hydrogen (secondary N) is 2. The first-order valence-electron chi connectivity index (χ1n) is 6.15. The lowest BCUT2D eigenvalue weighted by molar-refractivity contribution is -0.142. The zero-order valence-corrected chi connectivity index (χ0v) is 11.3. The Morgan fingerprint density at radius 1 is 1.33 bits per heavy atom. The van der Waals surface area contributed by atoms with E-state index in [1.165, 1.54) is 25.1 Å². The van der Waals surface area contributed by atoms with Gasteiger partial charge in [-0.05, 0) is 6.07 Å². The fourth-order valence-electron chi connectivity index (χ4n) is 1.67. The van der Waals surface area contributed by atoms with Crippen LogP contribution in [0.3, 0.4) is 0 Å². The number of aliphatic carboxylic acids is 1. The van der Waals surface area contributed by atoms with Crippen LogP contribution < -0.4 is 22.3 Å². The molecule has 0 saturated carbocycles. The molecule has 9 heteroatoms. The molecule has 1 amide bonds. The largest absolute Gasteiger partial charge is 0.479 e. The molecule has 4 atom stereocenters. The molecule has 1 rings (SSSR count). The second-order valence-corrected chi connectivity index (χ2v) is 4.62. The van der Waals surface area contributed by atoms with Gasteiger partial charge in [0.1, 0.15) is 0 Å². The van der Waals surface area contributed by atoms with E-state index < -0.39 is 41.7 Å². The Balaban J connectivity index is 2.77. The average Bonchev–Trinajstić information content (AvgIpc) is 2.44. The Morgan fingerprint density at radius 2 is 1.95 bits per heavy atom. The number of aliphatic hydroxyl groups is 1. The van der Waals surface area contributed by atoms with E-state index in [-0.39, 0.29) is 5.69 Å². The van der Waals surface area contributed by atoms with Gasteiger partial charge in [0.25, 0.3) is 0 Å². The number of carboxylic acids is 1. The highest BCUT2D eigenvalue weighted by atomic mass is 16.4. The van der Waals surface area contributed by atoms with Crippen molar-refractivity contribution < 1.29 is 19.8 Å². The molecule has 1 aromatic rings. The quantitative estimate of drug-likeness (QED) is 0.325. The molecule has 0 radical (unpaired) electrons. The Labute approximate surface area is 120 Å². The van der Waals surface area contributed by atoms with Gasteiger partial charge in [0.2, 0.25) is 11.5 Å². The van der Waals surface area contributed by atoms with Crippen molar-refractivity contribution in [2.45, 2.75) is 25.2 Å². The molecule has 1 aromatic heterocycles. The maximum atomic E-state index is 11.7. The number of hydrogen-bond donors (Lipinski definition) is 6. The molecular weight excluding hydrogens is 280 g/mol. The summed E-state index contributed by atoms with van der Waals surface area (Å²) in [6.45, 7) is 1.49. The third-order valence-corrected chi connectivity index (χ3v) is 3.04. The molecule has 0 aromatic carbocycles. The summed E-state index contributed by atoms with van der Waals surface area (Å²) in [6, 6.07) is 3.01. The van der Waals surface area contributed by atoms with Crippen LogP contribution in [0.5, 0.6) is 0 Å². The van der Waals surface area contributed by atoms with E-state index in [1.54, 1.807) is 0 Å². The zero-order valence-electron chi connectivity index (χ0n) is 11.3. The third kappa shape index (κ3) is 4.38. The summed E-state index contributed by atoms with van der Waals surface area (Å²) >= 11 is 0. The SMILES string of the molecule is C[C@@H]([C@H](N)C(=O)N[C@@H](N)C(=O)O)[C@H](O)c1cccc(=O)[nH]1. The number of rotatable bonds is 6. The minimum absolute atomic E-state index is 0.209. The van der Waals surface area contributed by atoms with E-state index in [1.807, 2.05) is 5.32 Å². The molecule has 0 aliphatic rings. The fourth-order valence-corrected chi connectivity index (χ4v) is 1.67. The number of carboxylic acid groups (broad SMARTS) is 1. The van der Waals surface area contributed by atoms with E-state index in [9.17, 15) is 19.5 Å². The van der Waals surface area contributed by atoms with Crippen LogP contribution in [0.1, 0.15) is 18.7 Å². The lowest BCUT2D eigenvalue weighted by Crippen LogP contribution is -2.54. The van der Waals surface area contributed by atoms with E-state index >= 15 is 0 Å². The van der Waals surface area contributed by atoms with Crippen molar-refractivity contribution in [3.63, 3.8) is 0 Å². The Bertz CT molecular complexity index is 573. The molecule has 21 heavy (non-hydrogen) atoms. The van der Waals surface area contributed by atoms with Gasteiger partial charge < -0.3 is 32.0 Å². The first kappa shape index (κ1) is 16.8. The van der Waals surface area contributed by atoms with Gasteiger partial charge >= 0.3 is 5.97 Å². The average molecular weight is 298 g/mol. The zero-order chi connectivity index (χ0) is 16.2. The van der Waals surface area contributed by atoms with Crippen molar-refractivity contribution in [2.24, 2.45) is 17.4 Å². The third-order valence-electron chi connectivity index (χ3n) is 3.04. The molecule has 116 valence electrons. The molecular formula is C12H18N4O5. The second-order valence-electron chi connectivity index (χ2n) is 4.62. The second kappa shape index (κ2) is 6.97. The number of H-pyrrole nitrogens is 1. The Hall–Kier alpha value is -2.23. The standard InChI is InChI=1S/C12H18N4O5/c1-5(8(13)11(19)16-10(14)12(20)21)9(18)6-3-2-4-7(17)15-6/h2-5,8-10,18H,13-14H2,1H3,(H,15,17)(H,16,19)(H,20,21)/t5-,8-,9-,10+/m0/s1. The van der Waals surface area contributed by atoms with Gasteiger partial charge in [-0.3, -0.25) is 9.59 Å². The molecule has 1 heterocycles. The van der Waals surface area contributed by atoms with E-state index in [0.717, 1.165) is 0 Å². The molecule has 0 aliphatic heterocycles. The smallest absolute Gasteiger partial charge is 0.341 e. The number of aromatic nitrogens is 1. The van der Waals surface area contributed by atoms with Crippen LogP contribution in [0.2, 0.25) is 0 Å². The number of carbonyl (C=O) groups excluding carboxylic acids is 1. The van der Waals surface area contributed by atoms with Gasteiger partial charge in [-0.1, -0.05) is 13.0 Å². The first-order valence-corrected chi connectivity index (χ1v) is 6.15. The molecule has 0 spiro atoms. The van der Waals surface area contributed by atoms with Crippen LogP contribution in [0.15, 0.2) is 23.0 Å². The maximum Gasteiger partial charge on any atom is 0.341 e. The molecule has 0 bridgehead atoms. The van der Waals surface area contributed by atoms with Crippen LogP contribution in [0, 0.1) is 5.92 Å². The molecule has 8 N–H and O–H groups in total. The fraction of sp³-hybridized carbons (Fsp3) is 0.417. The van der Waals surface area contributed by atoms with E-state index in [0.29, 0.717) is 0 Å². The Morgan fingerprint density at radius 3 is 2.48 bits per heavy atom. The van der Waals surface area contributed by atoms with Gasteiger partial charge in [-0.2, -0.15) is 0 Å². The number of hydrogen-bond acceptors (Lipinski definition) is 6. The van der Waals surface area contributed by atoms with Gasteiger partial charge in [0.15, 0.2) is 6.17 Å². The van der Waals surface area contributed by atoms with E-state index in [4.69, 9.17) is 16.6 Å².